The van der Waals surface area contributed by atoms with E-state index in [0.717, 1.165) is 16.5 Å². The molecule has 0 fully saturated rings. The number of hydrogen-bond donors (Lipinski definition) is 1. The summed E-state index contributed by atoms with van der Waals surface area (Å²) in [6, 6.07) is 18.2. The summed E-state index contributed by atoms with van der Waals surface area (Å²) in [4.78, 5) is 33.7. The lowest BCUT2D eigenvalue weighted by atomic mass is 9.95. The topological polar surface area (TPSA) is 102 Å². The van der Waals surface area contributed by atoms with Crippen LogP contribution in [0.3, 0.4) is 0 Å². The maximum atomic E-state index is 14.0. The first-order valence-electron chi connectivity index (χ1n) is 13.4. The number of halogens is 1. The number of aliphatic hydroxyl groups is 1. The number of methoxy groups -OCH3 is 1. The molecule has 0 radical (unpaired) electrons. The molecule has 1 atom stereocenters. The van der Waals surface area contributed by atoms with Crippen LogP contribution in [0.25, 0.3) is 21.2 Å². The predicted octanol–water partition coefficient (Wildman–Crippen LogP) is 7.91. The highest BCUT2D eigenvalue weighted by molar-refractivity contribution is 7.22. The van der Waals surface area contributed by atoms with Crippen LogP contribution in [0.4, 0.5) is 5.13 Å². The van der Waals surface area contributed by atoms with Crippen molar-refractivity contribution < 1.29 is 28.6 Å². The van der Waals surface area contributed by atoms with Gasteiger partial charge in [-0.2, -0.15) is 0 Å². The number of aliphatic hydroxyl groups excluding tert-OH is 1. The standard InChI is InChI=1S/C32H27ClN2O6S/c1-17(2)12-13-40-23-11-8-19(15-24(23)39-3)28-27(29(36)25-14-18-6-4-5-7-22(18)41-25)30(37)31(38)35(28)32-34-21-10-9-20(33)16-26(21)42-32/h4-11,14-17,28,37H,12-13H2,1-3H3. The first-order chi connectivity index (χ1) is 20.2. The first kappa shape index (κ1) is 27.8. The maximum Gasteiger partial charge on any atom is 0.296 e. The molecule has 214 valence electrons. The van der Waals surface area contributed by atoms with Gasteiger partial charge in [-0.05, 0) is 60.4 Å². The zero-order valence-corrected chi connectivity index (χ0v) is 24.7. The Morgan fingerprint density at radius 3 is 2.69 bits per heavy atom. The molecule has 6 rings (SSSR count). The Hall–Kier alpha value is -4.34. The van der Waals surface area contributed by atoms with Gasteiger partial charge in [-0.15, -0.1) is 0 Å². The van der Waals surface area contributed by atoms with E-state index in [1.165, 1.54) is 23.3 Å². The fourth-order valence-corrected chi connectivity index (χ4v) is 6.21. The first-order valence-corrected chi connectivity index (χ1v) is 14.6. The highest BCUT2D eigenvalue weighted by Crippen LogP contribution is 2.46. The number of fused-ring (bicyclic) bond motifs is 2. The van der Waals surface area contributed by atoms with E-state index in [9.17, 15) is 14.7 Å². The normalized spacial score (nSPS) is 15.4. The molecule has 0 aliphatic carbocycles. The third kappa shape index (κ3) is 4.99. The van der Waals surface area contributed by atoms with Gasteiger partial charge in [0.25, 0.3) is 5.91 Å². The number of anilines is 1. The average molecular weight is 603 g/mol. The van der Waals surface area contributed by atoms with Crippen molar-refractivity contribution in [2.24, 2.45) is 5.92 Å². The van der Waals surface area contributed by atoms with Gasteiger partial charge in [0.1, 0.15) is 5.58 Å². The van der Waals surface area contributed by atoms with Gasteiger partial charge in [0, 0.05) is 10.4 Å². The van der Waals surface area contributed by atoms with Crippen LogP contribution in [-0.4, -0.2) is 35.5 Å². The molecular weight excluding hydrogens is 576 g/mol. The Morgan fingerprint density at radius 2 is 1.93 bits per heavy atom. The number of aromatic nitrogens is 1. The van der Waals surface area contributed by atoms with Gasteiger partial charge in [0.05, 0.1) is 35.5 Å². The zero-order chi connectivity index (χ0) is 29.5. The zero-order valence-electron chi connectivity index (χ0n) is 23.1. The van der Waals surface area contributed by atoms with Crippen molar-refractivity contribution in [1.29, 1.82) is 0 Å². The monoisotopic (exact) mass is 602 g/mol. The largest absolute Gasteiger partial charge is 0.503 e. The molecular formula is C32H27ClN2O6S. The van der Waals surface area contributed by atoms with E-state index >= 15 is 0 Å². The molecule has 1 aliphatic rings. The third-order valence-electron chi connectivity index (χ3n) is 7.10. The number of rotatable bonds is 9. The number of para-hydroxylation sites is 1. The van der Waals surface area contributed by atoms with Crippen molar-refractivity contribution in [1.82, 2.24) is 4.98 Å². The number of nitrogens with zero attached hydrogens (tertiary/aromatic N) is 2. The number of Topliss-reactive ketones (excluding diaryl/α,β-unsaturated/α-hetero) is 1. The lowest BCUT2D eigenvalue weighted by Crippen LogP contribution is -2.31. The second kappa shape index (κ2) is 11.2. The highest BCUT2D eigenvalue weighted by atomic mass is 35.5. The molecule has 2 aromatic heterocycles. The third-order valence-corrected chi connectivity index (χ3v) is 8.36. The van der Waals surface area contributed by atoms with Crippen molar-refractivity contribution in [2.45, 2.75) is 26.3 Å². The summed E-state index contributed by atoms with van der Waals surface area (Å²) in [5, 5.41) is 12.8. The Balaban J connectivity index is 1.47. The molecule has 0 saturated carbocycles. The molecule has 1 unspecified atom stereocenters. The quantitative estimate of drug-likeness (QED) is 0.171. The van der Waals surface area contributed by atoms with Gasteiger partial charge in [-0.25, -0.2) is 4.98 Å². The van der Waals surface area contributed by atoms with Gasteiger partial charge < -0.3 is 19.0 Å². The van der Waals surface area contributed by atoms with E-state index in [1.54, 1.807) is 54.6 Å². The van der Waals surface area contributed by atoms with E-state index in [-0.39, 0.29) is 11.3 Å². The molecule has 1 amide bonds. The number of carbonyl (C=O) groups is 2. The molecule has 0 saturated heterocycles. The lowest BCUT2D eigenvalue weighted by molar-refractivity contribution is -0.117. The average Bonchev–Trinajstić information content (AvgIpc) is 3.66. The van der Waals surface area contributed by atoms with Crippen molar-refractivity contribution in [3.05, 3.63) is 94.4 Å². The number of thiazole rings is 1. The van der Waals surface area contributed by atoms with Gasteiger partial charge in [0.15, 0.2) is 28.1 Å². The van der Waals surface area contributed by atoms with Crippen LogP contribution in [0.2, 0.25) is 5.02 Å². The molecule has 0 spiro atoms. The van der Waals surface area contributed by atoms with Crippen LogP contribution in [0.1, 0.15) is 42.4 Å². The highest BCUT2D eigenvalue weighted by Gasteiger charge is 2.47. The number of ether oxygens (including phenoxy) is 2. The number of benzene rings is 3. The lowest BCUT2D eigenvalue weighted by Gasteiger charge is -2.25. The van der Waals surface area contributed by atoms with E-state index in [4.69, 9.17) is 25.5 Å². The molecule has 3 aromatic carbocycles. The molecule has 1 aliphatic heterocycles. The van der Waals surface area contributed by atoms with Crippen LogP contribution >= 0.6 is 22.9 Å². The molecule has 8 nitrogen and oxygen atoms in total. The van der Waals surface area contributed by atoms with Gasteiger partial charge in [-0.3, -0.25) is 14.5 Å². The molecule has 42 heavy (non-hydrogen) atoms. The molecule has 1 N–H and O–H groups in total. The minimum atomic E-state index is -1.02. The second-order valence-electron chi connectivity index (χ2n) is 10.4. The maximum absolute atomic E-state index is 14.0. The Bertz CT molecular complexity index is 1840. The smallest absolute Gasteiger partial charge is 0.296 e. The fourth-order valence-electron chi connectivity index (χ4n) is 4.94. The van der Waals surface area contributed by atoms with Gasteiger partial charge in [-0.1, -0.05) is 61.1 Å². The van der Waals surface area contributed by atoms with Gasteiger partial charge in [0.2, 0.25) is 5.78 Å². The van der Waals surface area contributed by atoms with E-state index in [2.05, 4.69) is 18.8 Å². The number of amides is 1. The SMILES string of the molecule is COc1cc(C2C(C(=O)c3cc4ccccc4o3)=C(O)C(=O)N2c2nc3ccc(Cl)cc3s2)ccc1OCCC(C)C. The molecule has 5 aromatic rings. The van der Waals surface area contributed by atoms with Crippen molar-refractivity contribution in [3.8, 4) is 11.5 Å². The second-order valence-corrected chi connectivity index (χ2v) is 11.8. The minimum Gasteiger partial charge on any atom is -0.503 e. The Labute approximate surface area is 250 Å². The fraction of sp³-hybridized carbons (Fsp3) is 0.219. The molecule has 0 bridgehead atoms. The summed E-state index contributed by atoms with van der Waals surface area (Å²) >= 11 is 7.44. The summed E-state index contributed by atoms with van der Waals surface area (Å²) in [6.45, 7) is 4.74. The number of furan rings is 1. The summed E-state index contributed by atoms with van der Waals surface area (Å²) in [7, 11) is 1.52. The van der Waals surface area contributed by atoms with Crippen molar-refractivity contribution >= 4 is 60.9 Å². The summed E-state index contributed by atoms with van der Waals surface area (Å²) in [5.74, 6) is -0.580. The van der Waals surface area contributed by atoms with E-state index in [0.29, 0.717) is 50.8 Å². The summed E-state index contributed by atoms with van der Waals surface area (Å²) in [6.07, 6.45) is 0.865. The molecule has 10 heteroatoms. The van der Waals surface area contributed by atoms with Crippen LogP contribution in [0.15, 0.2) is 82.5 Å². The van der Waals surface area contributed by atoms with Gasteiger partial charge >= 0.3 is 0 Å². The Kier molecular flexibility index (Phi) is 7.38. The van der Waals surface area contributed by atoms with Crippen LogP contribution < -0.4 is 14.4 Å². The minimum absolute atomic E-state index is 0.00841. The predicted molar refractivity (Wildman–Crippen MR) is 163 cm³/mol. The van der Waals surface area contributed by atoms with E-state index in [1.807, 2.05) is 12.1 Å². The van der Waals surface area contributed by atoms with Crippen molar-refractivity contribution in [2.75, 3.05) is 18.6 Å². The van der Waals surface area contributed by atoms with Crippen LogP contribution in [-0.2, 0) is 4.79 Å². The summed E-state index contributed by atoms with van der Waals surface area (Å²) in [5.41, 5.74) is 1.56. The van der Waals surface area contributed by atoms with E-state index < -0.39 is 23.5 Å². The number of ketones is 1. The summed E-state index contributed by atoms with van der Waals surface area (Å²) < 4.78 is 18.2. The number of hydrogen-bond acceptors (Lipinski definition) is 8. The Morgan fingerprint density at radius 1 is 1.12 bits per heavy atom. The number of carbonyl (C=O) groups excluding carboxylic acids is 2. The van der Waals surface area contributed by atoms with Crippen LogP contribution in [0, 0.1) is 5.92 Å². The van der Waals surface area contributed by atoms with Crippen molar-refractivity contribution in [3.63, 3.8) is 0 Å². The molecule has 3 heterocycles. The van der Waals surface area contributed by atoms with Crippen LogP contribution in [0.5, 0.6) is 11.5 Å².